The fraction of sp³-hybridized carbons (Fsp3) is 0. The third-order valence-electron chi connectivity index (χ3n) is 8.21. The molecular formula is C38H22N4. The Morgan fingerprint density at radius 3 is 1.40 bits per heavy atom. The van der Waals surface area contributed by atoms with E-state index in [-0.39, 0.29) is 0 Å². The van der Waals surface area contributed by atoms with Crippen LogP contribution < -0.4 is 0 Å². The van der Waals surface area contributed by atoms with Gasteiger partial charge in [0.25, 0.3) is 0 Å². The Hall–Kier alpha value is -6.10. The van der Waals surface area contributed by atoms with Crippen molar-refractivity contribution in [2.75, 3.05) is 0 Å². The van der Waals surface area contributed by atoms with Crippen LogP contribution in [-0.2, 0) is 0 Å². The summed E-state index contributed by atoms with van der Waals surface area (Å²) >= 11 is 0. The van der Waals surface area contributed by atoms with Gasteiger partial charge < -0.3 is 9.13 Å². The molecule has 0 atom stereocenters. The van der Waals surface area contributed by atoms with Gasteiger partial charge in [-0.25, -0.2) is 0 Å². The Bertz CT molecular complexity index is 2340. The molecule has 0 saturated heterocycles. The number of rotatable bonds is 3. The lowest BCUT2D eigenvalue weighted by molar-refractivity contribution is 1.16. The van der Waals surface area contributed by atoms with E-state index in [2.05, 4.69) is 75.9 Å². The maximum absolute atomic E-state index is 10.4. The lowest BCUT2D eigenvalue weighted by atomic mass is 9.97. The Balaban J connectivity index is 1.41. The Kier molecular flexibility index (Phi) is 5.22. The van der Waals surface area contributed by atoms with E-state index in [1.807, 2.05) is 78.9 Å². The standard InChI is InChI=1S/C38H22N4/c39-23-26-10-9-15-28(38(26)42-36-18-7-3-13-31(36)32-14-4-8-19-37(32)42)25-20-21-33(27(22-25)24-40)41-34-16-5-1-11-29(34)30-12-2-6-17-35(30)41/h1-22H. The molecular weight excluding hydrogens is 512 g/mol. The van der Waals surface area contributed by atoms with E-state index in [1.165, 1.54) is 0 Å². The summed E-state index contributed by atoms with van der Waals surface area (Å²) in [5.74, 6) is 0. The van der Waals surface area contributed by atoms with Crippen LogP contribution in [0.25, 0.3) is 66.1 Å². The summed E-state index contributed by atoms with van der Waals surface area (Å²) < 4.78 is 4.36. The lowest BCUT2D eigenvalue weighted by Gasteiger charge is -2.17. The molecule has 4 nitrogen and oxygen atoms in total. The van der Waals surface area contributed by atoms with Crippen LogP contribution in [0.3, 0.4) is 0 Å². The van der Waals surface area contributed by atoms with Gasteiger partial charge in [0.2, 0.25) is 0 Å². The molecule has 194 valence electrons. The van der Waals surface area contributed by atoms with Gasteiger partial charge in [0.15, 0.2) is 0 Å². The zero-order valence-electron chi connectivity index (χ0n) is 22.5. The van der Waals surface area contributed by atoms with Gasteiger partial charge >= 0.3 is 0 Å². The van der Waals surface area contributed by atoms with Gasteiger partial charge in [0, 0.05) is 27.1 Å². The number of nitrogens with zero attached hydrogens (tertiary/aromatic N) is 4. The van der Waals surface area contributed by atoms with Gasteiger partial charge in [-0.05, 0) is 48.0 Å². The van der Waals surface area contributed by atoms with Crippen molar-refractivity contribution in [3.05, 3.63) is 145 Å². The molecule has 0 spiro atoms. The zero-order valence-corrected chi connectivity index (χ0v) is 22.5. The average Bonchev–Trinajstić information content (AvgIpc) is 3.57. The maximum Gasteiger partial charge on any atom is 0.101 e. The molecule has 0 aliphatic heterocycles. The predicted molar refractivity (Wildman–Crippen MR) is 170 cm³/mol. The summed E-state index contributed by atoms with van der Waals surface area (Å²) in [5, 5.41) is 25.3. The zero-order chi connectivity index (χ0) is 28.2. The van der Waals surface area contributed by atoms with E-state index in [1.54, 1.807) is 0 Å². The highest BCUT2D eigenvalue weighted by atomic mass is 15.0. The highest BCUT2D eigenvalue weighted by molar-refractivity contribution is 6.11. The van der Waals surface area contributed by atoms with Crippen LogP contribution in [0.2, 0.25) is 0 Å². The minimum Gasteiger partial charge on any atom is -0.308 e. The quantitative estimate of drug-likeness (QED) is 0.227. The molecule has 8 aromatic rings. The van der Waals surface area contributed by atoms with Crippen molar-refractivity contribution in [2.45, 2.75) is 0 Å². The number of aromatic nitrogens is 2. The molecule has 0 unspecified atom stereocenters. The molecule has 0 aliphatic carbocycles. The number of benzene rings is 6. The smallest absolute Gasteiger partial charge is 0.101 e. The van der Waals surface area contributed by atoms with Crippen LogP contribution in [0.15, 0.2) is 133 Å². The lowest BCUT2D eigenvalue weighted by Crippen LogP contribution is -2.02. The normalized spacial score (nSPS) is 11.3. The summed E-state index contributed by atoms with van der Waals surface area (Å²) in [4.78, 5) is 0. The van der Waals surface area contributed by atoms with Crippen LogP contribution in [0.4, 0.5) is 0 Å². The Labute approximate surface area is 242 Å². The van der Waals surface area contributed by atoms with E-state index in [4.69, 9.17) is 0 Å². The third kappa shape index (κ3) is 3.33. The largest absolute Gasteiger partial charge is 0.308 e. The molecule has 0 fully saturated rings. The van der Waals surface area contributed by atoms with Crippen molar-refractivity contribution in [1.29, 1.82) is 10.5 Å². The van der Waals surface area contributed by atoms with Gasteiger partial charge in [-0.2, -0.15) is 10.5 Å². The molecule has 0 saturated carbocycles. The highest BCUT2D eigenvalue weighted by Gasteiger charge is 2.20. The number of nitriles is 2. The average molecular weight is 535 g/mol. The Morgan fingerprint density at radius 2 is 0.905 bits per heavy atom. The van der Waals surface area contributed by atoms with Crippen LogP contribution in [0.1, 0.15) is 11.1 Å². The van der Waals surface area contributed by atoms with Crippen molar-refractivity contribution >= 4 is 43.6 Å². The van der Waals surface area contributed by atoms with Crippen LogP contribution in [0.5, 0.6) is 0 Å². The second-order valence-electron chi connectivity index (χ2n) is 10.4. The molecule has 8 rings (SSSR count). The minimum absolute atomic E-state index is 0.564. The first-order valence-electron chi connectivity index (χ1n) is 13.8. The van der Waals surface area contributed by atoms with Crippen molar-refractivity contribution < 1.29 is 0 Å². The van der Waals surface area contributed by atoms with E-state index in [0.29, 0.717) is 11.1 Å². The maximum atomic E-state index is 10.4. The predicted octanol–water partition coefficient (Wildman–Crippen LogP) is 9.29. The molecule has 42 heavy (non-hydrogen) atoms. The SMILES string of the molecule is N#Cc1cc(-c2cccc(C#N)c2-n2c3ccccc3c3ccccc32)ccc1-n1c2ccccc2c2ccccc21. The topological polar surface area (TPSA) is 57.4 Å². The van der Waals surface area contributed by atoms with Crippen LogP contribution in [0, 0.1) is 22.7 Å². The molecule has 0 bridgehead atoms. The monoisotopic (exact) mass is 534 g/mol. The molecule has 2 aromatic heterocycles. The van der Waals surface area contributed by atoms with Crippen molar-refractivity contribution in [3.63, 3.8) is 0 Å². The van der Waals surface area contributed by atoms with E-state index in [9.17, 15) is 10.5 Å². The molecule has 4 heteroatoms. The third-order valence-corrected chi connectivity index (χ3v) is 8.21. The van der Waals surface area contributed by atoms with Gasteiger partial charge in [-0.1, -0.05) is 91.0 Å². The molecule has 0 radical (unpaired) electrons. The van der Waals surface area contributed by atoms with Crippen molar-refractivity contribution in [1.82, 2.24) is 9.13 Å². The summed E-state index contributed by atoms with van der Waals surface area (Å²) in [6, 6.07) is 50.0. The van der Waals surface area contributed by atoms with Crippen molar-refractivity contribution in [2.24, 2.45) is 0 Å². The summed E-state index contributed by atoms with van der Waals surface area (Å²) in [5.41, 5.74) is 8.73. The first kappa shape index (κ1) is 23.8. The molecule has 0 aliphatic rings. The first-order chi connectivity index (χ1) is 20.8. The van der Waals surface area contributed by atoms with Gasteiger partial charge in [-0.15, -0.1) is 0 Å². The molecule has 2 heterocycles. The first-order valence-corrected chi connectivity index (χ1v) is 13.8. The van der Waals surface area contributed by atoms with Crippen molar-refractivity contribution in [3.8, 4) is 34.6 Å². The second-order valence-corrected chi connectivity index (χ2v) is 10.4. The number of fused-ring (bicyclic) bond motifs is 6. The van der Waals surface area contributed by atoms with Gasteiger partial charge in [0.1, 0.15) is 12.1 Å². The van der Waals surface area contributed by atoms with Gasteiger partial charge in [0.05, 0.1) is 44.6 Å². The number of hydrogen-bond donors (Lipinski definition) is 0. The molecule has 6 aromatic carbocycles. The molecule has 0 amide bonds. The number of para-hydroxylation sites is 5. The van der Waals surface area contributed by atoms with E-state index in [0.717, 1.165) is 66.1 Å². The molecule has 0 N–H and O–H groups in total. The van der Waals surface area contributed by atoms with Crippen LogP contribution in [-0.4, -0.2) is 9.13 Å². The summed E-state index contributed by atoms with van der Waals surface area (Å²) in [7, 11) is 0. The second kappa shape index (κ2) is 9.24. The van der Waals surface area contributed by atoms with Gasteiger partial charge in [-0.3, -0.25) is 0 Å². The highest BCUT2D eigenvalue weighted by Crippen LogP contribution is 2.39. The minimum atomic E-state index is 0.564. The van der Waals surface area contributed by atoms with Crippen LogP contribution >= 0.6 is 0 Å². The van der Waals surface area contributed by atoms with E-state index >= 15 is 0 Å². The fourth-order valence-corrected chi connectivity index (χ4v) is 6.44. The number of hydrogen-bond acceptors (Lipinski definition) is 2. The fourth-order valence-electron chi connectivity index (χ4n) is 6.44. The Morgan fingerprint density at radius 1 is 0.429 bits per heavy atom. The summed E-state index contributed by atoms with van der Waals surface area (Å²) in [6.07, 6.45) is 0. The summed E-state index contributed by atoms with van der Waals surface area (Å²) in [6.45, 7) is 0. The van der Waals surface area contributed by atoms with E-state index < -0.39 is 0 Å².